The molecule has 8 heteroatoms. The average molecular weight is 410 g/mol. The van der Waals surface area contributed by atoms with Crippen molar-refractivity contribution in [2.24, 2.45) is 0 Å². The molecule has 0 atom stereocenters. The maximum atomic E-state index is 5.38. The lowest BCUT2D eigenvalue weighted by Gasteiger charge is -2.11. The fourth-order valence-electron chi connectivity index (χ4n) is 2.18. The number of methoxy groups -OCH3 is 2. The third-order valence-corrected chi connectivity index (χ3v) is 5.16. The summed E-state index contributed by atoms with van der Waals surface area (Å²) in [7, 11) is 3.25. The first-order chi connectivity index (χ1) is 11.7. The molecule has 0 aliphatic rings. The zero-order valence-electron chi connectivity index (χ0n) is 13.2. The topological polar surface area (TPSA) is 62.3 Å². The monoisotopic (exact) mass is 409 g/mol. The Hall–Kier alpha value is -1.93. The van der Waals surface area contributed by atoms with Crippen LogP contribution in [0.1, 0.15) is 11.3 Å². The van der Waals surface area contributed by atoms with Crippen LogP contribution in [-0.2, 0) is 12.3 Å². The Morgan fingerprint density at radius 1 is 1.25 bits per heavy atom. The van der Waals surface area contributed by atoms with Crippen molar-refractivity contribution in [3.05, 3.63) is 52.7 Å². The number of ether oxygens (including phenoxy) is 2. The van der Waals surface area contributed by atoms with Crippen molar-refractivity contribution in [3.63, 3.8) is 0 Å². The predicted octanol–water partition coefficient (Wildman–Crippen LogP) is 3.99. The van der Waals surface area contributed by atoms with Crippen LogP contribution in [0.2, 0.25) is 0 Å². The maximum absolute atomic E-state index is 5.38. The zero-order chi connectivity index (χ0) is 16.9. The van der Waals surface area contributed by atoms with E-state index in [0.29, 0.717) is 18.0 Å². The quantitative estimate of drug-likeness (QED) is 0.549. The Balaban J connectivity index is 1.73. The molecule has 0 fully saturated rings. The molecule has 0 aliphatic carbocycles. The van der Waals surface area contributed by atoms with E-state index in [4.69, 9.17) is 13.9 Å². The summed E-state index contributed by atoms with van der Waals surface area (Å²) >= 11 is 5.17. The van der Waals surface area contributed by atoms with Crippen molar-refractivity contribution < 1.29 is 13.9 Å². The Morgan fingerprint density at radius 3 is 2.75 bits per heavy atom. The molecule has 0 amide bonds. The molecule has 1 aromatic carbocycles. The van der Waals surface area contributed by atoms with E-state index < -0.39 is 0 Å². The van der Waals surface area contributed by atoms with Crippen molar-refractivity contribution in [2.75, 3.05) is 14.2 Å². The Morgan fingerprint density at radius 2 is 2.04 bits per heavy atom. The summed E-state index contributed by atoms with van der Waals surface area (Å²) in [6.07, 6.45) is 3.36. The number of thioether (sulfide) groups is 1. The van der Waals surface area contributed by atoms with Crippen LogP contribution in [0.25, 0.3) is 0 Å². The van der Waals surface area contributed by atoms with Crippen LogP contribution in [0.15, 0.2) is 50.9 Å². The van der Waals surface area contributed by atoms with E-state index in [1.165, 1.54) is 0 Å². The van der Waals surface area contributed by atoms with Crippen LogP contribution in [0, 0.1) is 0 Å². The van der Waals surface area contributed by atoms with Crippen molar-refractivity contribution in [3.8, 4) is 11.5 Å². The number of rotatable bonds is 7. The van der Waals surface area contributed by atoms with E-state index in [0.717, 1.165) is 26.7 Å². The van der Waals surface area contributed by atoms with Crippen LogP contribution in [0.3, 0.4) is 0 Å². The minimum atomic E-state index is 0.607. The third-order valence-electron chi connectivity index (χ3n) is 3.40. The molecule has 0 spiro atoms. The van der Waals surface area contributed by atoms with E-state index in [1.807, 2.05) is 28.8 Å². The smallest absolute Gasteiger partial charge is 0.191 e. The van der Waals surface area contributed by atoms with E-state index in [2.05, 4.69) is 26.1 Å². The van der Waals surface area contributed by atoms with Gasteiger partial charge in [0.1, 0.15) is 12.1 Å². The Bertz CT molecular complexity index is 805. The van der Waals surface area contributed by atoms with E-state index in [1.54, 1.807) is 38.6 Å². The first-order valence-corrected chi connectivity index (χ1v) is 8.92. The number of halogens is 1. The normalized spacial score (nSPS) is 10.8. The molecule has 0 unspecified atom stereocenters. The van der Waals surface area contributed by atoms with Crippen LogP contribution in [-0.4, -0.2) is 29.0 Å². The van der Waals surface area contributed by atoms with Gasteiger partial charge < -0.3 is 18.5 Å². The second-order valence-electron chi connectivity index (χ2n) is 4.91. The van der Waals surface area contributed by atoms with Crippen molar-refractivity contribution in [1.29, 1.82) is 0 Å². The van der Waals surface area contributed by atoms with Crippen LogP contribution in [0.4, 0.5) is 0 Å². The first-order valence-electron chi connectivity index (χ1n) is 7.14. The maximum Gasteiger partial charge on any atom is 0.191 e. The number of nitrogens with zero attached hydrogens (tertiary/aromatic N) is 3. The predicted molar refractivity (Wildman–Crippen MR) is 94.6 cm³/mol. The summed E-state index contributed by atoms with van der Waals surface area (Å²) in [6.45, 7) is 0.607. The molecule has 0 radical (unpaired) electrons. The van der Waals surface area contributed by atoms with Gasteiger partial charge in [0.2, 0.25) is 0 Å². The lowest BCUT2D eigenvalue weighted by atomic mass is 10.2. The van der Waals surface area contributed by atoms with Crippen LogP contribution in [0.5, 0.6) is 11.5 Å². The molecule has 126 valence electrons. The molecule has 0 N–H and O–H groups in total. The van der Waals surface area contributed by atoms with E-state index in [9.17, 15) is 0 Å². The Kier molecular flexibility index (Phi) is 5.47. The summed E-state index contributed by atoms with van der Waals surface area (Å²) in [6, 6.07) is 7.66. The summed E-state index contributed by atoms with van der Waals surface area (Å²) in [4.78, 5) is 0. The lowest BCUT2D eigenvalue weighted by molar-refractivity contribution is 0.354. The van der Waals surface area contributed by atoms with Gasteiger partial charge in [-0.25, -0.2) is 0 Å². The number of furan rings is 1. The fourth-order valence-corrected chi connectivity index (χ4v) is 3.74. The highest BCUT2D eigenvalue weighted by molar-refractivity contribution is 9.10. The molecular formula is C16H16BrN3O3S. The standard InChI is InChI=1S/C16H16BrN3O3S/c1-21-14-6-11(13(17)7-15(14)22-2)9-24-16-19-18-10-20(16)8-12-4-3-5-23-12/h3-7,10H,8-9H2,1-2H3. The SMILES string of the molecule is COc1cc(Br)c(CSc2nncn2Cc2ccco2)cc1OC. The summed E-state index contributed by atoms with van der Waals surface area (Å²) in [5.74, 6) is 2.98. The van der Waals surface area contributed by atoms with E-state index >= 15 is 0 Å². The van der Waals surface area contributed by atoms with Gasteiger partial charge in [0.15, 0.2) is 16.7 Å². The van der Waals surface area contributed by atoms with Crippen molar-refractivity contribution >= 4 is 27.7 Å². The highest BCUT2D eigenvalue weighted by Crippen LogP contribution is 2.35. The van der Waals surface area contributed by atoms with Crippen LogP contribution >= 0.6 is 27.7 Å². The summed E-state index contributed by atoms with van der Waals surface area (Å²) in [5.41, 5.74) is 1.09. The molecule has 2 heterocycles. The molecule has 0 saturated carbocycles. The number of hydrogen-bond donors (Lipinski definition) is 0. The van der Waals surface area contributed by atoms with Gasteiger partial charge in [0.05, 0.1) is 27.0 Å². The number of benzene rings is 1. The van der Waals surface area contributed by atoms with Gasteiger partial charge in [0.25, 0.3) is 0 Å². The number of hydrogen-bond acceptors (Lipinski definition) is 6. The largest absolute Gasteiger partial charge is 0.493 e. The summed E-state index contributed by atoms with van der Waals surface area (Å²) < 4.78 is 19.0. The minimum absolute atomic E-state index is 0.607. The molecule has 0 aliphatic heterocycles. The first kappa shape index (κ1) is 16.9. The van der Waals surface area contributed by atoms with Gasteiger partial charge in [-0.2, -0.15) is 0 Å². The lowest BCUT2D eigenvalue weighted by Crippen LogP contribution is -1.99. The van der Waals surface area contributed by atoms with Gasteiger partial charge in [-0.3, -0.25) is 0 Å². The van der Waals surface area contributed by atoms with Crippen molar-refractivity contribution in [2.45, 2.75) is 17.5 Å². The molecule has 0 saturated heterocycles. The van der Waals surface area contributed by atoms with Gasteiger partial charge in [-0.1, -0.05) is 27.7 Å². The molecule has 3 rings (SSSR count). The second kappa shape index (κ2) is 7.76. The Labute approximate surface area is 152 Å². The van der Waals surface area contributed by atoms with E-state index in [-0.39, 0.29) is 0 Å². The molecule has 3 aromatic rings. The summed E-state index contributed by atoms with van der Waals surface area (Å²) in [5, 5.41) is 9.00. The molecular weight excluding hydrogens is 394 g/mol. The number of aromatic nitrogens is 3. The molecule has 2 aromatic heterocycles. The van der Waals surface area contributed by atoms with Gasteiger partial charge in [0, 0.05) is 10.2 Å². The highest BCUT2D eigenvalue weighted by atomic mass is 79.9. The van der Waals surface area contributed by atoms with Crippen LogP contribution < -0.4 is 9.47 Å². The zero-order valence-corrected chi connectivity index (χ0v) is 15.6. The minimum Gasteiger partial charge on any atom is -0.493 e. The van der Waals surface area contributed by atoms with Gasteiger partial charge in [-0.15, -0.1) is 10.2 Å². The molecule has 6 nitrogen and oxygen atoms in total. The van der Waals surface area contributed by atoms with Gasteiger partial charge in [-0.05, 0) is 29.8 Å². The highest BCUT2D eigenvalue weighted by Gasteiger charge is 2.12. The average Bonchev–Trinajstić information content (AvgIpc) is 3.26. The molecule has 24 heavy (non-hydrogen) atoms. The second-order valence-corrected chi connectivity index (χ2v) is 6.70. The van der Waals surface area contributed by atoms with Gasteiger partial charge >= 0.3 is 0 Å². The fraction of sp³-hybridized carbons (Fsp3) is 0.250. The molecule has 0 bridgehead atoms. The third kappa shape index (κ3) is 3.76. The van der Waals surface area contributed by atoms with Crippen molar-refractivity contribution in [1.82, 2.24) is 14.8 Å².